The molecule has 0 unspecified atom stereocenters. The summed E-state index contributed by atoms with van der Waals surface area (Å²) >= 11 is 0. The Bertz CT molecular complexity index is 1080. The van der Waals surface area contributed by atoms with Crippen molar-refractivity contribution in [2.75, 3.05) is 10.6 Å². The number of carbonyl (C=O) groups is 2. The molecule has 4 rings (SSSR count). The molecular weight excluding hydrogens is 366 g/mol. The van der Waals surface area contributed by atoms with Gasteiger partial charge in [-0.3, -0.25) is 9.59 Å². The molecule has 0 saturated heterocycles. The number of hydrogen-bond acceptors (Lipinski definition) is 5. The SMILES string of the molecule is CC(C)NC(=O)c1ccc(Nc2ncc3c(n2)-c2ccccc2NC(=O)C3)cc1. The Morgan fingerprint density at radius 3 is 2.62 bits per heavy atom. The number of amides is 2. The highest BCUT2D eigenvalue weighted by atomic mass is 16.2. The van der Waals surface area contributed by atoms with E-state index >= 15 is 0 Å². The first-order chi connectivity index (χ1) is 14.0. The van der Waals surface area contributed by atoms with Crippen LogP contribution in [0, 0.1) is 0 Å². The maximum absolute atomic E-state index is 12.1. The van der Waals surface area contributed by atoms with Crippen LogP contribution in [-0.2, 0) is 11.2 Å². The third kappa shape index (κ3) is 4.08. The Labute approximate surface area is 168 Å². The van der Waals surface area contributed by atoms with Crippen molar-refractivity contribution in [3.05, 3.63) is 65.9 Å². The first kappa shape index (κ1) is 18.6. The molecule has 7 heteroatoms. The van der Waals surface area contributed by atoms with Gasteiger partial charge in [-0.15, -0.1) is 0 Å². The van der Waals surface area contributed by atoms with E-state index in [1.54, 1.807) is 18.3 Å². The van der Waals surface area contributed by atoms with Crippen LogP contribution in [0.2, 0.25) is 0 Å². The first-order valence-corrected chi connectivity index (χ1v) is 9.43. The first-order valence-electron chi connectivity index (χ1n) is 9.43. The molecule has 0 spiro atoms. The molecule has 2 heterocycles. The standard InChI is InChI=1S/C22H21N5O2/c1-13(2)24-21(29)14-7-9-16(10-8-14)25-22-23-12-15-11-19(28)26-18-6-4-3-5-17(18)20(15)27-22/h3-10,12-13H,11H2,1-2H3,(H,24,29)(H,26,28)(H,23,25,27). The summed E-state index contributed by atoms with van der Waals surface area (Å²) in [6.07, 6.45) is 1.90. The number of nitrogens with one attached hydrogen (secondary N) is 3. The third-order valence-electron chi connectivity index (χ3n) is 4.49. The molecule has 29 heavy (non-hydrogen) atoms. The molecule has 0 fully saturated rings. The van der Waals surface area contributed by atoms with Gasteiger partial charge in [-0.1, -0.05) is 18.2 Å². The monoisotopic (exact) mass is 387 g/mol. The van der Waals surface area contributed by atoms with Crippen molar-refractivity contribution >= 4 is 29.1 Å². The zero-order chi connectivity index (χ0) is 20.4. The zero-order valence-electron chi connectivity index (χ0n) is 16.2. The summed E-state index contributed by atoms with van der Waals surface area (Å²) in [5.74, 6) is 0.227. The van der Waals surface area contributed by atoms with Crippen LogP contribution >= 0.6 is 0 Å². The van der Waals surface area contributed by atoms with Gasteiger partial charge in [0, 0.05) is 34.6 Å². The number of carbonyl (C=O) groups excluding carboxylic acids is 2. The largest absolute Gasteiger partial charge is 0.350 e. The van der Waals surface area contributed by atoms with Crippen LogP contribution in [0.4, 0.5) is 17.3 Å². The van der Waals surface area contributed by atoms with Gasteiger partial charge in [-0.2, -0.15) is 0 Å². The predicted octanol–water partition coefficient (Wildman–Crippen LogP) is 3.52. The molecular formula is C22H21N5O2. The normalized spacial score (nSPS) is 12.4. The van der Waals surface area contributed by atoms with Gasteiger partial charge in [0.1, 0.15) is 0 Å². The number of nitrogens with zero attached hydrogens (tertiary/aromatic N) is 2. The van der Waals surface area contributed by atoms with Gasteiger partial charge >= 0.3 is 0 Å². The Morgan fingerprint density at radius 1 is 1.10 bits per heavy atom. The fourth-order valence-corrected chi connectivity index (χ4v) is 3.18. The van der Waals surface area contributed by atoms with Crippen molar-refractivity contribution in [2.24, 2.45) is 0 Å². The number of aromatic nitrogens is 2. The Morgan fingerprint density at radius 2 is 1.86 bits per heavy atom. The van der Waals surface area contributed by atoms with Crippen molar-refractivity contribution in [3.8, 4) is 11.3 Å². The maximum Gasteiger partial charge on any atom is 0.251 e. The van der Waals surface area contributed by atoms with Crippen molar-refractivity contribution in [2.45, 2.75) is 26.3 Å². The van der Waals surface area contributed by atoms with E-state index in [1.807, 2.05) is 50.2 Å². The van der Waals surface area contributed by atoms with Crippen LogP contribution in [0.5, 0.6) is 0 Å². The average molecular weight is 387 g/mol. The number of benzene rings is 2. The summed E-state index contributed by atoms with van der Waals surface area (Å²) in [7, 11) is 0. The van der Waals surface area contributed by atoms with E-state index in [2.05, 4.69) is 25.9 Å². The van der Waals surface area contributed by atoms with E-state index in [0.29, 0.717) is 11.5 Å². The van der Waals surface area contributed by atoms with Crippen LogP contribution in [0.25, 0.3) is 11.3 Å². The highest BCUT2D eigenvalue weighted by molar-refractivity contribution is 6.00. The lowest BCUT2D eigenvalue weighted by Crippen LogP contribution is -2.29. The average Bonchev–Trinajstić information content (AvgIpc) is 2.83. The summed E-state index contributed by atoms with van der Waals surface area (Å²) in [5, 5.41) is 8.93. The van der Waals surface area contributed by atoms with Crippen molar-refractivity contribution in [3.63, 3.8) is 0 Å². The van der Waals surface area contributed by atoms with Gasteiger partial charge in [0.15, 0.2) is 0 Å². The number of rotatable bonds is 4. The molecule has 1 aliphatic heterocycles. The van der Waals surface area contributed by atoms with Crippen LogP contribution < -0.4 is 16.0 Å². The van der Waals surface area contributed by atoms with E-state index in [0.717, 1.165) is 28.2 Å². The number of hydrogen-bond donors (Lipinski definition) is 3. The number of fused-ring (bicyclic) bond motifs is 3. The predicted molar refractivity (Wildman–Crippen MR) is 112 cm³/mol. The fraction of sp³-hybridized carbons (Fsp3) is 0.182. The molecule has 7 nitrogen and oxygen atoms in total. The fourth-order valence-electron chi connectivity index (χ4n) is 3.18. The van der Waals surface area contributed by atoms with Crippen molar-refractivity contribution < 1.29 is 9.59 Å². The van der Waals surface area contributed by atoms with E-state index in [4.69, 9.17) is 0 Å². The maximum atomic E-state index is 12.1. The Kier molecular flexibility index (Phi) is 4.95. The van der Waals surface area contributed by atoms with E-state index < -0.39 is 0 Å². The van der Waals surface area contributed by atoms with E-state index in [1.165, 1.54) is 0 Å². The minimum Gasteiger partial charge on any atom is -0.350 e. The number of anilines is 3. The number of para-hydroxylation sites is 1. The molecule has 2 aromatic carbocycles. The molecule has 0 bridgehead atoms. The third-order valence-corrected chi connectivity index (χ3v) is 4.49. The molecule has 0 aliphatic carbocycles. The van der Waals surface area contributed by atoms with Crippen LogP contribution in [0.3, 0.4) is 0 Å². The second kappa shape index (κ2) is 7.71. The van der Waals surface area contributed by atoms with Crippen LogP contribution in [-0.4, -0.2) is 27.8 Å². The lowest BCUT2D eigenvalue weighted by Gasteiger charge is -2.11. The van der Waals surface area contributed by atoms with Gasteiger partial charge < -0.3 is 16.0 Å². The molecule has 0 radical (unpaired) electrons. The Balaban J connectivity index is 1.60. The quantitative estimate of drug-likeness (QED) is 0.637. The summed E-state index contributed by atoms with van der Waals surface area (Å²) in [4.78, 5) is 33.2. The zero-order valence-corrected chi connectivity index (χ0v) is 16.2. The van der Waals surface area contributed by atoms with E-state index in [9.17, 15) is 9.59 Å². The molecule has 146 valence electrons. The van der Waals surface area contributed by atoms with Gasteiger partial charge in [0.2, 0.25) is 11.9 Å². The Hall–Kier alpha value is -3.74. The summed E-state index contributed by atoms with van der Waals surface area (Å²) < 4.78 is 0. The minimum atomic E-state index is -0.110. The highest BCUT2D eigenvalue weighted by Gasteiger charge is 2.20. The van der Waals surface area contributed by atoms with E-state index in [-0.39, 0.29) is 24.3 Å². The van der Waals surface area contributed by atoms with Gasteiger partial charge in [-0.05, 0) is 44.2 Å². The molecule has 1 aliphatic rings. The van der Waals surface area contributed by atoms with Gasteiger partial charge in [0.05, 0.1) is 17.8 Å². The van der Waals surface area contributed by atoms with Gasteiger partial charge in [-0.25, -0.2) is 9.97 Å². The summed E-state index contributed by atoms with van der Waals surface area (Å²) in [6.45, 7) is 3.84. The summed E-state index contributed by atoms with van der Waals surface area (Å²) in [6, 6.07) is 14.8. The molecule has 3 aromatic rings. The smallest absolute Gasteiger partial charge is 0.251 e. The molecule has 1 aromatic heterocycles. The molecule has 0 atom stereocenters. The molecule has 2 amide bonds. The minimum absolute atomic E-state index is 0.0810. The topological polar surface area (TPSA) is 96.0 Å². The second-order valence-electron chi connectivity index (χ2n) is 7.17. The van der Waals surface area contributed by atoms with Gasteiger partial charge in [0.25, 0.3) is 5.91 Å². The lowest BCUT2D eigenvalue weighted by atomic mass is 10.1. The van der Waals surface area contributed by atoms with Crippen molar-refractivity contribution in [1.29, 1.82) is 0 Å². The van der Waals surface area contributed by atoms with Crippen LogP contribution in [0.1, 0.15) is 29.8 Å². The summed E-state index contributed by atoms with van der Waals surface area (Å²) in [5.41, 5.74) is 4.46. The van der Waals surface area contributed by atoms with Crippen molar-refractivity contribution in [1.82, 2.24) is 15.3 Å². The second-order valence-corrected chi connectivity index (χ2v) is 7.17. The molecule has 3 N–H and O–H groups in total. The lowest BCUT2D eigenvalue weighted by molar-refractivity contribution is -0.115. The molecule has 0 saturated carbocycles. The van der Waals surface area contributed by atoms with Crippen LogP contribution in [0.15, 0.2) is 54.7 Å². The highest BCUT2D eigenvalue weighted by Crippen LogP contribution is 2.32.